The molecule has 0 saturated carbocycles. The Morgan fingerprint density at radius 2 is 1.91 bits per heavy atom. The number of nitrogen functional groups attached to an aromatic ring is 1. The van der Waals surface area contributed by atoms with Gasteiger partial charge >= 0.3 is 6.09 Å². The van der Waals surface area contributed by atoms with Crippen LogP contribution in [0.25, 0.3) is 0 Å². The van der Waals surface area contributed by atoms with E-state index in [1.54, 1.807) is 44.2 Å². The van der Waals surface area contributed by atoms with Gasteiger partial charge in [-0.3, -0.25) is 5.32 Å². The summed E-state index contributed by atoms with van der Waals surface area (Å²) in [6.45, 7) is 3.81. The normalized spacial score (nSPS) is 10.4. The Morgan fingerprint density at radius 1 is 1.22 bits per heavy atom. The molecule has 0 spiro atoms. The number of nitrogens with one attached hydrogen (secondary N) is 1. The first-order chi connectivity index (χ1) is 10.9. The number of hydrogen-bond acceptors (Lipinski definition) is 4. The number of benzene rings is 2. The van der Waals surface area contributed by atoms with Crippen molar-refractivity contribution in [2.75, 3.05) is 11.1 Å². The van der Waals surface area contributed by atoms with E-state index in [4.69, 9.17) is 15.2 Å². The SMILES string of the molecule is CC(C)OC(=O)Nc1ccc(OCc2ccc(F)cc2)cc1N. The van der Waals surface area contributed by atoms with Crippen LogP contribution in [-0.2, 0) is 11.3 Å². The number of amides is 1. The number of anilines is 2. The molecule has 0 bridgehead atoms. The average Bonchev–Trinajstić information content (AvgIpc) is 2.48. The van der Waals surface area contributed by atoms with Crippen LogP contribution in [0.2, 0.25) is 0 Å². The van der Waals surface area contributed by atoms with E-state index in [2.05, 4.69) is 5.32 Å². The van der Waals surface area contributed by atoms with Gasteiger partial charge in [0.1, 0.15) is 18.2 Å². The van der Waals surface area contributed by atoms with Gasteiger partial charge in [-0.2, -0.15) is 0 Å². The summed E-state index contributed by atoms with van der Waals surface area (Å²) in [7, 11) is 0. The van der Waals surface area contributed by atoms with E-state index in [9.17, 15) is 9.18 Å². The minimum Gasteiger partial charge on any atom is -0.489 e. The molecule has 0 aromatic heterocycles. The number of hydrogen-bond donors (Lipinski definition) is 2. The molecule has 2 aromatic carbocycles. The summed E-state index contributed by atoms with van der Waals surface area (Å²) < 4.78 is 23.4. The zero-order valence-corrected chi connectivity index (χ0v) is 13.0. The molecule has 0 unspecified atom stereocenters. The van der Waals surface area contributed by atoms with Crippen molar-refractivity contribution in [3.8, 4) is 5.75 Å². The first-order valence-electron chi connectivity index (χ1n) is 7.18. The molecule has 5 nitrogen and oxygen atoms in total. The van der Waals surface area contributed by atoms with Crippen molar-refractivity contribution in [2.24, 2.45) is 0 Å². The maximum atomic E-state index is 12.8. The van der Waals surface area contributed by atoms with E-state index in [0.29, 0.717) is 23.7 Å². The summed E-state index contributed by atoms with van der Waals surface area (Å²) >= 11 is 0. The number of halogens is 1. The summed E-state index contributed by atoms with van der Waals surface area (Å²) in [5, 5.41) is 2.57. The van der Waals surface area contributed by atoms with Crippen LogP contribution in [0.4, 0.5) is 20.6 Å². The number of nitrogens with two attached hydrogens (primary N) is 1. The molecule has 0 aliphatic heterocycles. The zero-order chi connectivity index (χ0) is 16.8. The van der Waals surface area contributed by atoms with Gasteiger partial charge in [-0.1, -0.05) is 12.1 Å². The van der Waals surface area contributed by atoms with Crippen molar-refractivity contribution in [3.05, 3.63) is 53.8 Å². The molecule has 1 amide bonds. The van der Waals surface area contributed by atoms with Gasteiger partial charge in [0.2, 0.25) is 0 Å². The van der Waals surface area contributed by atoms with Crippen LogP contribution in [-0.4, -0.2) is 12.2 Å². The Kier molecular flexibility index (Phi) is 5.41. The van der Waals surface area contributed by atoms with Crippen molar-refractivity contribution < 1.29 is 18.7 Å². The Labute approximate surface area is 134 Å². The van der Waals surface area contributed by atoms with Crippen molar-refractivity contribution in [2.45, 2.75) is 26.6 Å². The number of carbonyl (C=O) groups excluding carboxylic acids is 1. The molecule has 2 aromatic rings. The summed E-state index contributed by atoms with van der Waals surface area (Å²) in [6, 6.07) is 11.0. The van der Waals surface area contributed by atoms with Crippen molar-refractivity contribution in [1.29, 1.82) is 0 Å². The highest BCUT2D eigenvalue weighted by Crippen LogP contribution is 2.25. The Bertz CT molecular complexity index is 672. The van der Waals surface area contributed by atoms with E-state index in [0.717, 1.165) is 5.56 Å². The van der Waals surface area contributed by atoms with E-state index in [1.807, 2.05) is 0 Å². The standard InChI is InChI=1S/C17H19FN2O3/c1-11(2)23-17(21)20-16-8-7-14(9-15(16)19)22-10-12-3-5-13(18)6-4-12/h3-9,11H,10,19H2,1-2H3,(H,20,21). The quantitative estimate of drug-likeness (QED) is 0.819. The van der Waals surface area contributed by atoms with Crippen molar-refractivity contribution in [1.82, 2.24) is 0 Å². The lowest BCUT2D eigenvalue weighted by Gasteiger charge is -2.12. The molecule has 122 valence electrons. The molecule has 0 heterocycles. The molecule has 6 heteroatoms. The van der Waals surface area contributed by atoms with Crippen LogP contribution in [0, 0.1) is 5.82 Å². The van der Waals surface area contributed by atoms with Gasteiger partial charge in [-0.05, 0) is 43.7 Å². The fourth-order valence-corrected chi connectivity index (χ4v) is 1.85. The molecule has 0 fully saturated rings. The fraction of sp³-hybridized carbons (Fsp3) is 0.235. The van der Waals surface area contributed by atoms with Gasteiger partial charge in [0.25, 0.3) is 0 Å². The topological polar surface area (TPSA) is 73.6 Å². The van der Waals surface area contributed by atoms with E-state index in [-0.39, 0.29) is 11.9 Å². The molecule has 0 aliphatic carbocycles. The summed E-state index contributed by atoms with van der Waals surface area (Å²) in [6.07, 6.45) is -0.777. The molecule has 0 atom stereocenters. The minimum absolute atomic E-state index is 0.213. The second kappa shape index (κ2) is 7.49. The number of rotatable bonds is 5. The lowest BCUT2D eigenvalue weighted by atomic mass is 10.2. The van der Waals surface area contributed by atoms with E-state index >= 15 is 0 Å². The summed E-state index contributed by atoms with van der Waals surface area (Å²) in [5.74, 6) is 0.260. The Balaban J connectivity index is 1.96. The van der Waals surface area contributed by atoms with Crippen LogP contribution >= 0.6 is 0 Å². The molecular weight excluding hydrogens is 299 g/mol. The van der Waals surface area contributed by atoms with Gasteiger partial charge in [0, 0.05) is 6.07 Å². The lowest BCUT2D eigenvalue weighted by Crippen LogP contribution is -2.18. The average molecular weight is 318 g/mol. The Hall–Kier alpha value is -2.76. The van der Waals surface area contributed by atoms with Crippen LogP contribution in [0.15, 0.2) is 42.5 Å². The van der Waals surface area contributed by atoms with E-state index in [1.165, 1.54) is 12.1 Å². The zero-order valence-electron chi connectivity index (χ0n) is 13.0. The predicted molar refractivity (Wildman–Crippen MR) is 86.8 cm³/mol. The van der Waals surface area contributed by atoms with Crippen LogP contribution < -0.4 is 15.8 Å². The third kappa shape index (κ3) is 5.18. The van der Waals surface area contributed by atoms with Crippen LogP contribution in [0.3, 0.4) is 0 Å². The van der Waals surface area contributed by atoms with Crippen molar-refractivity contribution >= 4 is 17.5 Å². The molecule has 0 radical (unpaired) electrons. The fourth-order valence-electron chi connectivity index (χ4n) is 1.85. The highest BCUT2D eigenvalue weighted by molar-refractivity contribution is 5.89. The summed E-state index contributed by atoms with van der Waals surface area (Å²) in [5.41, 5.74) is 7.54. The molecule has 0 aliphatic rings. The number of carbonyl (C=O) groups is 1. The Morgan fingerprint density at radius 3 is 2.52 bits per heavy atom. The highest BCUT2D eigenvalue weighted by atomic mass is 19.1. The first kappa shape index (κ1) is 16.6. The van der Waals surface area contributed by atoms with Crippen LogP contribution in [0.1, 0.15) is 19.4 Å². The monoisotopic (exact) mass is 318 g/mol. The largest absolute Gasteiger partial charge is 0.489 e. The van der Waals surface area contributed by atoms with Gasteiger partial charge in [0.05, 0.1) is 17.5 Å². The van der Waals surface area contributed by atoms with Crippen molar-refractivity contribution in [3.63, 3.8) is 0 Å². The third-order valence-electron chi connectivity index (χ3n) is 2.92. The molecule has 0 saturated heterocycles. The number of ether oxygens (including phenoxy) is 2. The van der Waals surface area contributed by atoms with Gasteiger partial charge in [-0.25, -0.2) is 9.18 Å². The van der Waals surface area contributed by atoms with Gasteiger partial charge in [0.15, 0.2) is 0 Å². The van der Waals surface area contributed by atoms with Crippen LogP contribution in [0.5, 0.6) is 5.75 Å². The minimum atomic E-state index is -0.563. The van der Waals surface area contributed by atoms with E-state index < -0.39 is 6.09 Å². The first-order valence-corrected chi connectivity index (χ1v) is 7.18. The second-order valence-electron chi connectivity index (χ2n) is 5.24. The highest BCUT2D eigenvalue weighted by Gasteiger charge is 2.09. The summed E-state index contributed by atoms with van der Waals surface area (Å²) in [4.78, 5) is 11.5. The smallest absolute Gasteiger partial charge is 0.411 e. The second-order valence-corrected chi connectivity index (χ2v) is 5.24. The molecule has 2 rings (SSSR count). The maximum Gasteiger partial charge on any atom is 0.411 e. The molecular formula is C17H19FN2O3. The lowest BCUT2D eigenvalue weighted by molar-refractivity contribution is 0.130. The molecule has 3 N–H and O–H groups in total. The predicted octanol–water partition coefficient (Wildman–Crippen LogP) is 3.94. The third-order valence-corrected chi connectivity index (χ3v) is 2.92. The maximum absolute atomic E-state index is 12.8. The van der Waals surface area contributed by atoms with Gasteiger partial charge < -0.3 is 15.2 Å². The molecule has 23 heavy (non-hydrogen) atoms. The van der Waals surface area contributed by atoms with Gasteiger partial charge in [-0.15, -0.1) is 0 Å².